The molecule has 0 saturated carbocycles. The minimum absolute atomic E-state index is 0.0362. The number of benzene rings is 2. The van der Waals surface area contributed by atoms with Gasteiger partial charge in [-0.2, -0.15) is 8.78 Å². The minimum atomic E-state index is -3.10. The molecule has 2 atom stereocenters. The number of amides is 1. The van der Waals surface area contributed by atoms with Gasteiger partial charge in [-0.3, -0.25) is 4.79 Å². The number of piperidine rings is 1. The summed E-state index contributed by atoms with van der Waals surface area (Å²) in [6.45, 7) is -1.87. The molecule has 180 valence electrons. The topological polar surface area (TPSA) is 59.4 Å². The van der Waals surface area contributed by atoms with Crippen LogP contribution in [0.1, 0.15) is 69.7 Å². The van der Waals surface area contributed by atoms with Crippen LogP contribution < -0.4 is 10.1 Å². The molecule has 2 aromatic carbocycles. The SMILES string of the molecule is [2H]C([2H])([2H])N1C(=O)c2cccc(OC(F)F)c2[C@H]2C[C@@H]1c1nc3ccc(C#CC4(C)CCNCC4)cc3n12. The van der Waals surface area contributed by atoms with Crippen LogP contribution in [-0.4, -0.2) is 47.0 Å². The number of fused-ring (bicyclic) bond motifs is 9. The highest BCUT2D eigenvalue weighted by atomic mass is 19.3. The number of ether oxygens (including phenoxy) is 1. The van der Waals surface area contributed by atoms with E-state index in [-0.39, 0.29) is 28.7 Å². The molecule has 2 bridgehead atoms. The molecule has 3 aliphatic rings. The molecule has 1 fully saturated rings. The third-order valence-electron chi connectivity index (χ3n) is 7.37. The fourth-order valence-corrected chi connectivity index (χ4v) is 5.51. The quantitative estimate of drug-likeness (QED) is 0.550. The number of hydrogen-bond acceptors (Lipinski definition) is 4. The number of rotatable bonds is 2. The maximum absolute atomic E-state index is 13.5. The summed E-state index contributed by atoms with van der Waals surface area (Å²) in [5.41, 5.74) is 2.28. The molecule has 0 unspecified atom stereocenters. The lowest BCUT2D eigenvalue weighted by atomic mass is 9.81. The van der Waals surface area contributed by atoms with E-state index in [9.17, 15) is 13.6 Å². The number of alkyl halides is 2. The molecule has 1 aromatic heterocycles. The molecule has 4 heterocycles. The van der Waals surface area contributed by atoms with Crippen LogP contribution >= 0.6 is 0 Å². The zero-order chi connectivity index (χ0) is 26.8. The van der Waals surface area contributed by atoms with E-state index in [2.05, 4.69) is 24.1 Å². The van der Waals surface area contributed by atoms with Gasteiger partial charge in [-0.05, 0) is 63.2 Å². The van der Waals surface area contributed by atoms with Crippen molar-refractivity contribution >= 4 is 16.9 Å². The monoisotopic (exact) mass is 479 g/mol. The number of halogens is 2. The molecule has 1 amide bonds. The van der Waals surface area contributed by atoms with Crippen molar-refractivity contribution in [2.75, 3.05) is 20.1 Å². The first-order chi connectivity index (χ1) is 18.1. The van der Waals surface area contributed by atoms with E-state index in [0.717, 1.165) is 36.4 Å². The van der Waals surface area contributed by atoms with Crippen LogP contribution in [-0.2, 0) is 0 Å². The lowest BCUT2D eigenvalue weighted by Gasteiger charge is -2.28. The Labute approximate surface area is 206 Å². The van der Waals surface area contributed by atoms with Crippen molar-refractivity contribution in [3.63, 3.8) is 0 Å². The standard InChI is InChI=1S/C27H26F2N4O2/c1-27(10-12-30-13-11-27)9-8-16-6-7-18-19(14-16)33-20-15-21(24(33)31-18)32(2)25(34)17-4-3-5-22(23(17)20)35-26(28)29/h3-7,14,20-21,26,30H,10-13,15H2,1-2H3/t20-,21-/m1/s1/i2D3. The molecule has 6 nitrogen and oxygen atoms in total. The highest BCUT2D eigenvalue weighted by Gasteiger charge is 2.45. The molecule has 0 radical (unpaired) electrons. The Bertz CT molecular complexity index is 1500. The average Bonchev–Trinajstić information content (AvgIpc) is 3.35. The lowest BCUT2D eigenvalue weighted by molar-refractivity contribution is -0.0507. The normalized spacial score (nSPS) is 24.1. The van der Waals surface area contributed by atoms with Crippen molar-refractivity contribution in [2.45, 2.75) is 44.9 Å². The summed E-state index contributed by atoms with van der Waals surface area (Å²) in [7, 11) is 0. The van der Waals surface area contributed by atoms with Crippen LogP contribution in [0.15, 0.2) is 36.4 Å². The molecule has 3 aliphatic heterocycles. The predicted molar refractivity (Wildman–Crippen MR) is 127 cm³/mol. The Hall–Kier alpha value is -3.44. The van der Waals surface area contributed by atoms with Gasteiger partial charge in [0.05, 0.1) is 23.1 Å². The Morgan fingerprint density at radius 1 is 1.26 bits per heavy atom. The average molecular weight is 480 g/mol. The molecular weight excluding hydrogens is 450 g/mol. The van der Waals surface area contributed by atoms with Crippen LogP contribution in [0, 0.1) is 17.3 Å². The van der Waals surface area contributed by atoms with Crippen LogP contribution in [0.4, 0.5) is 8.78 Å². The summed E-state index contributed by atoms with van der Waals surface area (Å²) in [5, 5.41) is 3.35. The smallest absolute Gasteiger partial charge is 0.387 e. The van der Waals surface area contributed by atoms with Crippen molar-refractivity contribution in [1.82, 2.24) is 19.8 Å². The number of nitrogens with one attached hydrogen (secondary N) is 1. The van der Waals surface area contributed by atoms with E-state index < -0.39 is 31.6 Å². The third-order valence-corrected chi connectivity index (χ3v) is 7.37. The molecule has 3 aromatic rings. The van der Waals surface area contributed by atoms with Crippen molar-refractivity contribution in [2.24, 2.45) is 5.41 Å². The summed E-state index contributed by atoms with van der Waals surface area (Å²) in [6.07, 6.45) is 2.09. The van der Waals surface area contributed by atoms with Crippen LogP contribution in [0.5, 0.6) is 5.75 Å². The molecule has 1 N–H and O–H groups in total. The lowest BCUT2D eigenvalue weighted by Crippen LogP contribution is -2.33. The predicted octanol–water partition coefficient (Wildman–Crippen LogP) is 4.50. The number of carbonyl (C=O) groups excluding carboxylic acids is 1. The number of carbonyl (C=O) groups is 1. The summed E-state index contributed by atoms with van der Waals surface area (Å²) in [5.74, 6) is 6.22. The maximum Gasteiger partial charge on any atom is 0.387 e. The Morgan fingerprint density at radius 2 is 2.09 bits per heavy atom. The fourth-order valence-electron chi connectivity index (χ4n) is 5.51. The highest BCUT2D eigenvalue weighted by Crippen LogP contribution is 2.50. The van der Waals surface area contributed by atoms with Gasteiger partial charge in [0.1, 0.15) is 11.6 Å². The molecular formula is C27H26F2N4O2. The second-order valence-electron chi connectivity index (χ2n) is 9.64. The summed E-state index contributed by atoms with van der Waals surface area (Å²) >= 11 is 0. The first-order valence-corrected chi connectivity index (χ1v) is 11.7. The van der Waals surface area contributed by atoms with Gasteiger partial charge in [-0.15, -0.1) is 0 Å². The van der Waals surface area contributed by atoms with Gasteiger partial charge in [0.15, 0.2) is 0 Å². The highest BCUT2D eigenvalue weighted by molar-refractivity contribution is 5.97. The first kappa shape index (κ1) is 18.8. The summed E-state index contributed by atoms with van der Waals surface area (Å²) < 4.78 is 57.8. The molecule has 1 saturated heterocycles. The zero-order valence-electron chi connectivity index (χ0n) is 22.1. The Morgan fingerprint density at radius 3 is 2.86 bits per heavy atom. The maximum atomic E-state index is 13.5. The largest absolute Gasteiger partial charge is 0.434 e. The molecule has 0 spiro atoms. The summed E-state index contributed by atoms with van der Waals surface area (Å²) in [4.78, 5) is 19.1. The van der Waals surface area contributed by atoms with Gasteiger partial charge in [-0.1, -0.05) is 17.9 Å². The second kappa shape index (κ2) is 8.06. The van der Waals surface area contributed by atoms with Gasteiger partial charge < -0.3 is 19.5 Å². The van der Waals surface area contributed by atoms with Gasteiger partial charge in [0, 0.05) is 39.6 Å². The van der Waals surface area contributed by atoms with Crippen molar-refractivity contribution in [3.8, 4) is 17.6 Å². The van der Waals surface area contributed by atoms with E-state index in [1.54, 1.807) is 0 Å². The summed E-state index contributed by atoms with van der Waals surface area (Å²) in [6, 6.07) is 8.39. The Balaban J connectivity index is 1.54. The van der Waals surface area contributed by atoms with Crippen molar-refractivity contribution < 1.29 is 22.4 Å². The van der Waals surface area contributed by atoms with E-state index >= 15 is 0 Å². The fraction of sp³-hybridized carbons (Fsp3) is 0.407. The first-order valence-electron chi connectivity index (χ1n) is 13.2. The molecule has 6 rings (SSSR count). The van der Waals surface area contributed by atoms with Crippen LogP contribution in [0.2, 0.25) is 0 Å². The second-order valence-corrected chi connectivity index (χ2v) is 9.64. The number of imidazole rings is 1. The van der Waals surface area contributed by atoms with E-state index in [1.807, 2.05) is 22.8 Å². The van der Waals surface area contributed by atoms with Crippen LogP contribution in [0.25, 0.3) is 11.0 Å². The zero-order valence-corrected chi connectivity index (χ0v) is 19.1. The van der Waals surface area contributed by atoms with Gasteiger partial charge >= 0.3 is 6.61 Å². The van der Waals surface area contributed by atoms with Gasteiger partial charge in [0.2, 0.25) is 0 Å². The Kier molecular flexibility index (Phi) is 4.34. The number of hydrogen-bond donors (Lipinski definition) is 1. The van der Waals surface area contributed by atoms with Gasteiger partial charge in [0.25, 0.3) is 5.91 Å². The number of aromatic nitrogens is 2. The number of nitrogens with zero attached hydrogens (tertiary/aromatic N) is 3. The van der Waals surface area contributed by atoms with E-state index in [0.29, 0.717) is 16.9 Å². The van der Waals surface area contributed by atoms with Gasteiger partial charge in [-0.25, -0.2) is 4.98 Å². The van der Waals surface area contributed by atoms with E-state index in [1.165, 1.54) is 18.2 Å². The van der Waals surface area contributed by atoms with Crippen molar-refractivity contribution in [3.05, 3.63) is 58.9 Å². The molecule has 0 aliphatic carbocycles. The minimum Gasteiger partial charge on any atom is -0.434 e. The third kappa shape index (κ3) is 3.57. The van der Waals surface area contributed by atoms with Crippen LogP contribution in [0.3, 0.4) is 0 Å². The van der Waals surface area contributed by atoms with Crippen molar-refractivity contribution in [1.29, 1.82) is 0 Å². The molecule has 35 heavy (non-hydrogen) atoms. The molecule has 8 heteroatoms. The van der Waals surface area contributed by atoms with E-state index in [4.69, 9.17) is 13.8 Å².